The van der Waals surface area contributed by atoms with Gasteiger partial charge in [0.25, 0.3) is 0 Å². The van der Waals surface area contributed by atoms with Gasteiger partial charge in [-0.1, -0.05) is 30.3 Å². The molecule has 5 nitrogen and oxygen atoms in total. The molecule has 2 unspecified atom stereocenters. The molecule has 2 aromatic carbocycles. The number of nitrogens with zero attached hydrogens (tertiary/aromatic N) is 1. The predicted octanol–water partition coefficient (Wildman–Crippen LogP) is 3.57. The van der Waals surface area contributed by atoms with Crippen molar-refractivity contribution in [3.05, 3.63) is 59.7 Å². The highest BCUT2D eigenvalue weighted by atomic mass is 16.5. The molecule has 0 aromatic heterocycles. The number of hydrogen-bond acceptors (Lipinski definition) is 5. The van der Waals surface area contributed by atoms with Gasteiger partial charge >= 0.3 is 0 Å². The van der Waals surface area contributed by atoms with E-state index in [1.165, 1.54) is 5.56 Å². The number of carbonyl (C=O) groups is 1. The van der Waals surface area contributed by atoms with Crippen molar-refractivity contribution >= 4 is 5.78 Å². The number of ketones is 1. The summed E-state index contributed by atoms with van der Waals surface area (Å²) in [6.07, 6.45) is 1.62. The minimum atomic E-state index is -0.0214. The van der Waals surface area contributed by atoms with Crippen LogP contribution in [0.2, 0.25) is 0 Å². The maximum absolute atomic E-state index is 13.3. The second-order valence-electron chi connectivity index (χ2n) is 7.60. The van der Waals surface area contributed by atoms with E-state index in [0.29, 0.717) is 30.3 Å². The Kier molecular flexibility index (Phi) is 5.64. The average molecular weight is 381 g/mol. The highest BCUT2D eigenvalue weighted by molar-refractivity contribution is 6.00. The van der Waals surface area contributed by atoms with Gasteiger partial charge in [-0.2, -0.15) is 0 Å². The fraction of sp³-hybridized carbons (Fsp3) is 0.435. The summed E-state index contributed by atoms with van der Waals surface area (Å²) in [6, 6.07) is 16.5. The third-order valence-corrected chi connectivity index (χ3v) is 5.92. The van der Waals surface area contributed by atoms with Crippen molar-refractivity contribution in [2.75, 3.05) is 27.4 Å². The predicted molar refractivity (Wildman–Crippen MR) is 107 cm³/mol. The SMILES string of the molecule is COc1ccc(OC)c(C(=O)C2CC3COCC(C2)N3Cc2ccccc2)c1. The van der Waals surface area contributed by atoms with Gasteiger partial charge in [-0.15, -0.1) is 0 Å². The Bertz CT molecular complexity index is 809. The fourth-order valence-electron chi connectivity index (χ4n) is 4.48. The topological polar surface area (TPSA) is 48.0 Å². The summed E-state index contributed by atoms with van der Waals surface area (Å²) in [6.45, 7) is 2.27. The van der Waals surface area contributed by atoms with E-state index in [9.17, 15) is 4.79 Å². The molecule has 2 aliphatic rings. The summed E-state index contributed by atoms with van der Waals surface area (Å²) in [5, 5.41) is 0. The molecule has 2 aliphatic heterocycles. The van der Waals surface area contributed by atoms with Crippen LogP contribution in [-0.4, -0.2) is 50.2 Å². The minimum Gasteiger partial charge on any atom is -0.497 e. The van der Waals surface area contributed by atoms with Gasteiger partial charge in [0.2, 0.25) is 0 Å². The molecule has 0 aliphatic carbocycles. The Hall–Kier alpha value is -2.37. The second kappa shape index (κ2) is 8.33. The molecular formula is C23H27NO4. The monoisotopic (exact) mass is 381 g/mol. The molecule has 2 aromatic rings. The molecule has 148 valence electrons. The van der Waals surface area contributed by atoms with Gasteiger partial charge in [-0.05, 0) is 36.6 Å². The Labute approximate surface area is 166 Å². The lowest BCUT2D eigenvalue weighted by Crippen LogP contribution is -2.57. The zero-order chi connectivity index (χ0) is 19.5. The molecule has 5 heteroatoms. The van der Waals surface area contributed by atoms with Crippen molar-refractivity contribution in [3.8, 4) is 11.5 Å². The van der Waals surface area contributed by atoms with Crippen LogP contribution in [0.5, 0.6) is 11.5 Å². The summed E-state index contributed by atoms with van der Waals surface area (Å²) >= 11 is 0. The summed E-state index contributed by atoms with van der Waals surface area (Å²) in [4.78, 5) is 15.9. The van der Waals surface area contributed by atoms with Crippen molar-refractivity contribution in [1.82, 2.24) is 4.90 Å². The molecule has 4 rings (SSSR count). The van der Waals surface area contributed by atoms with E-state index < -0.39 is 0 Å². The lowest BCUT2D eigenvalue weighted by molar-refractivity contribution is -0.0873. The zero-order valence-electron chi connectivity index (χ0n) is 16.5. The summed E-state index contributed by atoms with van der Waals surface area (Å²) in [7, 11) is 3.21. The molecule has 0 amide bonds. The van der Waals surface area contributed by atoms with Crippen molar-refractivity contribution in [1.29, 1.82) is 0 Å². The van der Waals surface area contributed by atoms with Gasteiger partial charge < -0.3 is 14.2 Å². The minimum absolute atomic E-state index is 0.0214. The highest BCUT2D eigenvalue weighted by Gasteiger charge is 2.41. The van der Waals surface area contributed by atoms with Crippen LogP contribution in [0.1, 0.15) is 28.8 Å². The van der Waals surface area contributed by atoms with Gasteiger partial charge in [-0.3, -0.25) is 9.69 Å². The third kappa shape index (κ3) is 3.77. The number of benzene rings is 2. The molecule has 2 fully saturated rings. The average Bonchev–Trinajstić information content (AvgIpc) is 2.73. The van der Waals surface area contributed by atoms with Crippen LogP contribution >= 0.6 is 0 Å². The largest absolute Gasteiger partial charge is 0.497 e. The number of morpholine rings is 1. The van der Waals surface area contributed by atoms with Crippen LogP contribution in [0.3, 0.4) is 0 Å². The van der Waals surface area contributed by atoms with Gasteiger partial charge in [0.1, 0.15) is 11.5 Å². The van der Waals surface area contributed by atoms with Gasteiger partial charge in [-0.25, -0.2) is 0 Å². The third-order valence-electron chi connectivity index (χ3n) is 5.92. The first-order valence-corrected chi connectivity index (χ1v) is 9.83. The first-order chi connectivity index (χ1) is 13.7. The summed E-state index contributed by atoms with van der Waals surface area (Å²) in [5.74, 6) is 1.41. The van der Waals surface area contributed by atoms with Gasteiger partial charge in [0.05, 0.1) is 33.0 Å². The van der Waals surface area contributed by atoms with E-state index in [2.05, 4.69) is 29.2 Å². The molecule has 28 heavy (non-hydrogen) atoms. The van der Waals surface area contributed by atoms with Crippen LogP contribution in [0.25, 0.3) is 0 Å². The van der Waals surface area contributed by atoms with Crippen molar-refractivity contribution in [2.45, 2.75) is 31.5 Å². The molecule has 2 heterocycles. The lowest BCUT2D eigenvalue weighted by atomic mass is 9.80. The zero-order valence-corrected chi connectivity index (χ0v) is 16.5. The highest BCUT2D eigenvalue weighted by Crippen LogP contribution is 2.36. The van der Waals surface area contributed by atoms with E-state index >= 15 is 0 Å². The molecular weight excluding hydrogens is 354 g/mol. The van der Waals surface area contributed by atoms with E-state index in [1.54, 1.807) is 26.4 Å². The maximum atomic E-state index is 13.3. The van der Waals surface area contributed by atoms with E-state index in [4.69, 9.17) is 14.2 Å². The Balaban J connectivity index is 1.53. The Morgan fingerprint density at radius 1 is 1.04 bits per heavy atom. The molecule has 0 saturated carbocycles. The van der Waals surface area contributed by atoms with Gasteiger partial charge in [0, 0.05) is 24.5 Å². The number of hydrogen-bond donors (Lipinski definition) is 0. The van der Waals surface area contributed by atoms with Crippen LogP contribution < -0.4 is 9.47 Å². The van der Waals surface area contributed by atoms with Crippen LogP contribution in [0.4, 0.5) is 0 Å². The quantitative estimate of drug-likeness (QED) is 0.716. The number of Topliss-reactive ketones (excluding diaryl/α,β-unsaturated/α-hetero) is 1. The van der Waals surface area contributed by atoms with Crippen LogP contribution in [-0.2, 0) is 11.3 Å². The van der Waals surface area contributed by atoms with Crippen molar-refractivity contribution < 1.29 is 19.0 Å². The first-order valence-electron chi connectivity index (χ1n) is 9.83. The first kappa shape index (κ1) is 19.0. The van der Waals surface area contributed by atoms with E-state index in [1.807, 2.05) is 12.1 Å². The molecule has 0 N–H and O–H groups in total. The number of ether oxygens (including phenoxy) is 3. The second-order valence-corrected chi connectivity index (χ2v) is 7.60. The van der Waals surface area contributed by atoms with Crippen LogP contribution in [0, 0.1) is 5.92 Å². The number of carbonyl (C=O) groups excluding carboxylic acids is 1. The van der Waals surface area contributed by atoms with E-state index in [-0.39, 0.29) is 23.8 Å². The Morgan fingerprint density at radius 3 is 2.39 bits per heavy atom. The molecule has 2 saturated heterocycles. The normalized spacial score (nSPS) is 24.6. The summed E-state index contributed by atoms with van der Waals surface area (Å²) in [5.41, 5.74) is 1.92. The van der Waals surface area contributed by atoms with Crippen molar-refractivity contribution in [3.63, 3.8) is 0 Å². The number of fused-ring (bicyclic) bond motifs is 2. The summed E-state index contributed by atoms with van der Waals surface area (Å²) < 4.78 is 16.6. The van der Waals surface area contributed by atoms with Crippen LogP contribution in [0.15, 0.2) is 48.5 Å². The smallest absolute Gasteiger partial charge is 0.169 e. The number of piperidine rings is 1. The standard InChI is InChI=1S/C23H27NO4/c1-26-20-8-9-22(27-2)21(12-20)23(25)17-10-18-14-28-15-19(11-17)24(18)13-16-6-4-3-5-7-16/h3-9,12,17-19H,10-11,13-15H2,1-2H3. The van der Waals surface area contributed by atoms with Gasteiger partial charge in [0.15, 0.2) is 5.78 Å². The molecule has 2 atom stereocenters. The molecule has 0 radical (unpaired) electrons. The number of methoxy groups -OCH3 is 2. The molecule has 2 bridgehead atoms. The molecule has 0 spiro atoms. The lowest BCUT2D eigenvalue weighted by Gasteiger charge is -2.48. The Morgan fingerprint density at radius 2 is 1.75 bits per heavy atom. The number of rotatable bonds is 6. The van der Waals surface area contributed by atoms with Crippen molar-refractivity contribution in [2.24, 2.45) is 5.92 Å². The van der Waals surface area contributed by atoms with E-state index in [0.717, 1.165) is 19.4 Å². The fourth-order valence-corrected chi connectivity index (χ4v) is 4.48. The maximum Gasteiger partial charge on any atom is 0.169 e.